The lowest BCUT2D eigenvalue weighted by Crippen LogP contribution is -2.06. The summed E-state index contributed by atoms with van der Waals surface area (Å²) in [5.41, 5.74) is 4.31. The maximum Gasteiger partial charge on any atom is 0.173 e. The van der Waals surface area contributed by atoms with Crippen molar-refractivity contribution in [1.82, 2.24) is 0 Å². The average molecular weight is 349 g/mol. The topological polar surface area (TPSA) is 17.1 Å². The zero-order chi connectivity index (χ0) is 14.7. The van der Waals surface area contributed by atoms with E-state index < -0.39 is 0 Å². The highest BCUT2D eigenvalue weighted by Crippen LogP contribution is 2.24. The summed E-state index contributed by atoms with van der Waals surface area (Å²) < 4.78 is 1.04. The van der Waals surface area contributed by atoms with Crippen molar-refractivity contribution in [3.05, 3.63) is 63.1 Å². The molecule has 0 aliphatic carbocycles. The van der Waals surface area contributed by atoms with E-state index in [1.807, 2.05) is 44.2 Å². The first-order valence-corrected chi connectivity index (χ1v) is 8.24. The summed E-state index contributed by atoms with van der Waals surface area (Å²) >= 11 is 5.02. The summed E-state index contributed by atoms with van der Waals surface area (Å²) in [6, 6.07) is 12.1. The van der Waals surface area contributed by atoms with E-state index in [4.69, 9.17) is 0 Å². The number of carbonyl (C=O) groups is 1. The van der Waals surface area contributed by atoms with Crippen LogP contribution in [0, 0.1) is 20.8 Å². The van der Waals surface area contributed by atoms with Gasteiger partial charge in [0.1, 0.15) is 0 Å². The first-order chi connectivity index (χ1) is 9.47. The Morgan fingerprint density at radius 2 is 1.75 bits per heavy atom. The summed E-state index contributed by atoms with van der Waals surface area (Å²) in [7, 11) is 0. The first-order valence-electron chi connectivity index (χ1n) is 6.47. The van der Waals surface area contributed by atoms with Crippen LogP contribution in [-0.4, -0.2) is 11.5 Å². The van der Waals surface area contributed by atoms with Crippen molar-refractivity contribution in [1.29, 1.82) is 0 Å². The number of ketones is 1. The monoisotopic (exact) mass is 348 g/mol. The third-order valence-corrected chi connectivity index (χ3v) is 4.79. The smallest absolute Gasteiger partial charge is 0.173 e. The van der Waals surface area contributed by atoms with Crippen molar-refractivity contribution in [2.45, 2.75) is 25.7 Å². The molecular weight excluding hydrogens is 332 g/mol. The quantitative estimate of drug-likeness (QED) is 0.547. The fraction of sp³-hybridized carbons (Fsp3) is 0.235. The highest BCUT2D eigenvalue weighted by atomic mass is 79.9. The van der Waals surface area contributed by atoms with Gasteiger partial charge in [0, 0.05) is 14.9 Å². The molecule has 0 spiro atoms. The molecular formula is C17H17BrOS. The molecule has 0 unspecified atom stereocenters. The van der Waals surface area contributed by atoms with E-state index in [0.29, 0.717) is 5.75 Å². The second-order valence-corrected chi connectivity index (χ2v) is 6.89. The van der Waals surface area contributed by atoms with E-state index >= 15 is 0 Å². The molecule has 0 amide bonds. The molecule has 0 atom stereocenters. The predicted molar refractivity (Wildman–Crippen MR) is 89.8 cm³/mol. The van der Waals surface area contributed by atoms with Gasteiger partial charge in [-0.25, -0.2) is 0 Å². The van der Waals surface area contributed by atoms with E-state index in [2.05, 4.69) is 28.9 Å². The minimum absolute atomic E-state index is 0.190. The number of thioether (sulfide) groups is 1. The SMILES string of the molecule is Cc1cc(C)c(C(=O)CSc2cccc(Br)c2)cc1C. The number of rotatable bonds is 4. The standard InChI is InChI=1S/C17H17BrOS/c1-11-7-13(3)16(8-12(11)2)17(19)10-20-15-6-4-5-14(18)9-15/h4-9H,10H2,1-3H3. The van der Waals surface area contributed by atoms with E-state index in [-0.39, 0.29) is 5.78 Å². The van der Waals surface area contributed by atoms with Crippen LogP contribution in [0.25, 0.3) is 0 Å². The van der Waals surface area contributed by atoms with Gasteiger partial charge in [-0.2, -0.15) is 0 Å². The van der Waals surface area contributed by atoms with Gasteiger partial charge < -0.3 is 0 Å². The molecule has 0 saturated carbocycles. The molecule has 0 aliphatic heterocycles. The van der Waals surface area contributed by atoms with Gasteiger partial charge >= 0.3 is 0 Å². The number of hydrogen-bond donors (Lipinski definition) is 0. The lowest BCUT2D eigenvalue weighted by Gasteiger charge is -2.09. The largest absolute Gasteiger partial charge is 0.293 e. The Bertz CT molecular complexity index is 649. The molecule has 0 saturated heterocycles. The molecule has 0 heterocycles. The number of halogens is 1. The summed E-state index contributed by atoms with van der Waals surface area (Å²) in [6.45, 7) is 6.13. The lowest BCUT2D eigenvalue weighted by molar-refractivity contribution is 0.102. The number of benzene rings is 2. The molecule has 20 heavy (non-hydrogen) atoms. The second-order valence-electron chi connectivity index (χ2n) is 4.92. The van der Waals surface area contributed by atoms with Crippen LogP contribution in [0.1, 0.15) is 27.0 Å². The van der Waals surface area contributed by atoms with Gasteiger partial charge in [-0.3, -0.25) is 4.79 Å². The van der Waals surface area contributed by atoms with Crippen LogP contribution in [0.15, 0.2) is 45.8 Å². The summed E-state index contributed by atoms with van der Waals surface area (Å²) in [5.74, 6) is 0.662. The van der Waals surface area contributed by atoms with E-state index in [9.17, 15) is 4.79 Å². The summed E-state index contributed by atoms with van der Waals surface area (Å²) in [6.07, 6.45) is 0. The molecule has 104 valence electrons. The van der Waals surface area contributed by atoms with Crippen molar-refractivity contribution in [2.24, 2.45) is 0 Å². The number of Topliss-reactive ketones (excluding diaryl/α,β-unsaturated/α-hetero) is 1. The Kier molecular flexibility index (Phi) is 5.06. The molecule has 2 rings (SSSR count). The zero-order valence-electron chi connectivity index (χ0n) is 11.9. The van der Waals surface area contributed by atoms with Crippen molar-refractivity contribution in [3.8, 4) is 0 Å². The van der Waals surface area contributed by atoms with Crippen molar-refractivity contribution in [3.63, 3.8) is 0 Å². The molecule has 1 nitrogen and oxygen atoms in total. The van der Waals surface area contributed by atoms with Crippen LogP contribution in [0.5, 0.6) is 0 Å². The predicted octanol–water partition coefficient (Wildman–Crippen LogP) is 5.35. The van der Waals surface area contributed by atoms with E-state index in [0.717, 1.165) is 20.5 Å². The Morgan fingerprint density at radius 1 is 1.05 bits per heavy atom. The highest BCUT2D eigenvalue weighted by Gasteiger charge is 2.11. The Balaban J connectivity index is 2.11. The van der Waals surface area contributed by atoms with Crippen LogP contribution in [0.2, 0.25) is 0 Å². The zero-order valence-corrected chi connectivity index (χ0v) is 14.3. The van der Waals surface area contributed by atoms with E-state index in [1.165, 1.54) is 11.1 Å². The molecule has 0 fully saturated rings. The third-order valence-electron chi connectivity index (χ3n) is 3.31. The van der Waals surface area contributed by atoms with Crippen molar-refractivity contribution < 1.29 is 4.79 Å². The first kappa shape index (κ1) is 15.3. The average Bonchev–Trinajstić information content (AvgIpc) is 2.40. The van der Waals surface area contributed by atoms with Crippen molar-refractivity contribution >= 4 is 33.5 Å². The summed E-state index contributed by atoms with van der Waals surface area (Å²) in [5, 5.41) is 0. The second kappa shape index (κ2) is 6.59. The van der Waals surface area contributed by atoms with Gasteiger partial charge in [0.05, 0.1) is 5.75 Å². The van der Waals surface area contributed by atoms with Gasteiger partial charge in [0.2, 0.25) is 0 Å². The van der Waals surface area contributed by atoms with Crippen LogP contribution >= 0.6 is 27.7 Å². The van der Waals surface area contributed by atoms with Gasteiger partial charge in [-0.1, -0.05) is 28.1 Å². The van der Waals surface area contributed by atoms with Gasteiger partial charge in [0.25, 0.3) is 0 Å². The maximum atomic E-state index is 12.4. The number of carbonyl (C=O) groups excluding carboxylic acids is 1. The molecule has 2 aromatic rings. The lowest BCUT2D eigenvalue weighted by atomic mass is 9.99. The van der Waals surface area contributed by atoms with Gasteiger partial charge in [0.15, 0.2) is 5.78 Å². The van der Waals surface area contributed by atoms with Crippen LogP contribution in [-0.2, 0) is 0 Å². The number of aryl methyl sites for hydroxylation is 3. The molecule has 0 N–H and O–H groups in total. The minimum Gasteiger partial charge on any atom is -0.293 e. The van der Waals surface area contributed by atoms with Gasteiger partial charge in [-0.15, -0.1) is 11.8 Å². The molecule has 0 bridgehead atoms. The van der Waals surface area contributed by atoms with Crippen LogP contribution in [0.4, 0.5) is 0 Å². The minimum atomic E-state index is 0.190. The molecule has 2 aromatic carbocycles. The van der Waals surface area contributed by atoms with E-state index in [1.54, 1.807) is 11.8 Å². The Morgan fingerprint density at radius 3 is 2.45 bits per heavy atom. The van der Waals surface area contributed by atoms with Crippen LogP contribution in [0.3, 0.4) is 0 Å². The fourth-order valence-electron chi connectivity index (χ4n) is 2.04. The molecule has 3 heteroatoms. The fourth-order valence-corrected chi connectivity index (χ4v) is 3.43. The van der Waals surface area contributed by atoms with Crippen molar-refractivity contribution in [2.75, 3.05) is 5.75 Å². The highest BCUT2D eigenvalue weighted by molar-refractivity contribution is 9.10. The van der Waals surface area contributed by atoms with Crippen LogP contribution < -0.4 is 0 Å². The summed E-state index contributed by atoms with van der Waals surface area (Å²) in [4.78, 5) is 13.5. The Labute approximate surface area is 132 Å². The van der Waals surface area contributed by atoms with Gasteiger partial charge in [-0.05, 0) is 61.7 Å². The number of hydrogen-bond acceptors (Lipinski definition) is 2. The maximum absolute atomic E-state index is 12.4. The molecule has 0 aliphatic rings. The third kappa shape index (κ3) is 3.74. The Hall–Kier alpha value is -1.06. The normalized spacial score (nSPS) is 10.6. The molecule has 0 radical (unpaired) electrons. The molecule has 0 aromatic heterocycles.